The summed E-state index contributed by atoms with van der Waals surface area (Å²) in [5, 5.41) is 1.99. The molecule has 2 amide bonds. The number of carbonyl (C=O) groups excluding carboxylic acids is 2. The molecule has 0 unspecified atom stereocenters. The number of rotatable bonds is 0. The Bertz CT molecular complexity index is 99.1. The molecule has 4 heteroatoms. The van der Waals surface area contributed by atoms with Gasteiger partial charge in [0.2, 0.25) is 0 Å². The summed E-state index contributed by atoms with van der Waals surface area (Å²) >= 11 is 0. The topological polar surface area (TPSA) is 70.0 Å². The van der Waals surface area contributed by atoms with Crippen molar-refractivity contribution in [2.24, 2.45) is 0 Å². The minimum absolute atomic E-state index is 0.875. The average Bonchev–Trinajstić information content (AvgIpc) is 1.65. The lowest BCUT2D eigenvalue weighted by Crippen LogP contribution is -2.27. The summed E-state index contributed by atoms with van der Waals surface area (Å²) in [6, 6.07) is 0. The summed E-state index contributed by atoms with van der Waals surface area (Å²) in [6.07, 6.45) is 0. The molecule has 0 saturated carbocycles. The van der Waals surface area contributed by atoms with E-state index >= 15 is 0 Å². The monoisotopic (exact) mass is 101 g/mol. The first-order valence-corrected chi connectivity index (χ1v) is 1.66. The highest BCUT2D eigenvalue weighted by Crippen LogP contribution is 1.56. The molecule has 0 saturated heterocycles. The van der Waals surface area contributed by atoms with Gasteiger partial charge in [-0.1, -0.05) is 0 Å². The maximum atomic E-state index is 9.86. The third kappa shape index (κ3) is 1.75. The molecule has 39 valence electrons. The lowest BCUT2D eigenvalue weighted by molar-refractivity contribution is -0.137. The fraction of sp³-hybridized carbons (Fsp3) is 0.333. The van der Waals surface area contributed by atoms with E-state index in [9.17, 15) is 9.59 Å². The van der Waals surface area contributed by atoms with Crippen molar-refractivity contribution >= 4 is 11.8 Å². The largest absolute Gasteiger partial charge is 0.351 e. The van der Waals surface area contributed by atoms with Crippen LogP contribution in [0.25, 0.3) is 0 Å². The Kier molecular flexibility index (Phi) is 1.84. The standard InChI is InChI=1S/C3H5N2O2/c1-5-3(7)2(4)6/h4H,1H3,(H,5,7). The molecule has 0 heterocycles. The Morgan fingerprint density at radius 2 is 2.00 bits per heavy atom. The SMILES string of the molecule is CNC(=O)C([NH])=O. The fourth-order valence-corrected chi connectivity index (χ4v) is 0.114. The Morgan fingerprint density at radius 1 is 1.57 bits per heavy atom. The van der Waals surface area contributed by atoms with Gasteiger partial charge in [-0.15, -0.1) is 0 Å². The number of nitrogens with one attached hydrogen (secondary N) is 2. The normalized spacial score (nSPS) is 7.57. The van der Waals surface area contributed by atoms with E-state index in [4.69, 9.17) is 5.73 Å². The summed E-state index contributed by atoms with van der Waals surface area (Å²) in [7, 11) is 1.30. The summed E-state index contributed by atoms with van der Waals surface area (Å²) in [6.45, 7) is 0. The van der Waals surface area contributed by atoms with Gasteiger partial charge < -0.3 is 5.32 Å². The van der Waals surface area contributed by atoms with Gasteiger partial charge in [0.1, 0.15) is 0 Å². The number of likely N-dealkylation sites (N-methyl/N-ethyl adjacent to an activating group) is 1. The number of hydrogen-bond donors (Lipinski definition) is 1. The molecule has 0 aromatic carbocycles. The van der Waals surface area contributed by atoms with Crippen LogP contribution < -0.4 is 11.1 Å². The summed E-state index contributed by atoms with van der Waals surface area (Å²) < 4.78 is 0. The second kappa shape index (κ2) is 2.17. The molecular weight excluding hydrogens is 96.0 g/mol. The number of hydrogen-bond acceptors (Lipinski definition) is 2. The fourth-order valence-electron chi connectivity index (χ4n) is 0.114. The van der Waals surface area contributed by atoms with Crippen LogP contribution in [0.1, 0.15) is 0 Å². The molecule has 0 aliphatic carbocycles. The summed E-state index contributed by atoms with van der Waals surface area (Å²) in [4.78, 5) is 19.5. The van der Waals surface area contributed by atoms with Crippen LogP contribution in [0.15, 0.2) is 0 Å². The average molecular weight is 101 g/mol. The molecular formula is C3H5N2O2. The van der Waals surface area contributed by atoms with Gasteiger partial charge in [-0.3, -0.25) is 15.3 Å². The van der Waals surface area contributed by atoms with Gasteiger partial charge in [0.05, 0.1) is 0 Å². The van der Waals surface area contributed by atoms with Crippen molar-refractivity contribution in [3.63, 3.8) is 0 Å². The quantitative estimate of drug-likeness (QED) is 0.379. The number of carbonyl (C=O) groups is 2. The van der Waals surface area contributed by atoms with Crippen LogP contribution in [0.5, 0.6) is 0 Å². The maximum Gasteiger partial charge on any atom is 0.327 e. The highest BCUT2D eigenvalue weighted by molar-refractivity contribution is 6.33. The highest BCUT2D eigenvalue weighted by Gasteiger charge is 2.03. The maximum absolute atomic E-state index is 9.86. The predicted octanol–water partition coefficient (Wildman–Crippen LogP) is -1.46. The summed E-state index contributed by atoms with van der Waals surface area (Å²) in [5.41, 5.74) is 6.13. The Balaban J connectivity index is 3.58. The lowest BCUT2D eigenvalue weighted by Gasteiger charge is -1.85. The van der Waals surface area contributed by atoms with Crippen LogP contribution in [0.4, 0.5) is 0 Å². The molecule has 4 nitrogen and oxygen atoms in total. The van der Waals surface area contributed by atoms with Crippen molar-refractivity contribution in [1.82, 2.24) is 11.1 Å². The molecule has 0 spiro atoms. The molecule has 0 aromatic heterocycles. The Labute approximate surface area is 40.7 Å². The van der Waals surface area contributed by atoms with Crippen molar-refractivity contribution in [2.75, 3.05) is 7.05 Å². The summed E-state index contributed by atoms with van der Waals surface area (Å²) in [5.74, 6) is -2.08. The van der Waals surface area contributed by atoms with E-state index < -0.39 is 11.8 Å². The van der Waals surface area contributed by atoms with Gasteiger partial charge in [0, 0.05) is 7.05 Å². The van der Waals surface area contributed by atoms with Crippen molar-refractivity contribution in [1.29, 1.82) is 0 Å². The molecule has 0 fully saturated rings. The number of amides is 2. The van der Waals surface area contributed by atoms with Gasteiger partial charge in [-0.2, -0.15) is 0 Å². The van der Waals surface area contributed by atoms with E-state index in [2.05, 4.69) is 0 Å². The molecule has 0 aliphatic rings. The van der Waals surface area contributed by atoms with Crippen molar-refractivity contribution < 1.29 is 9.59 Å². The van der Waals surface area contributed by atoms with Gasteiger partial charge in [0.25, 0.3) is 0 Å². The van der Waals surface area contributed by atoms with Crippen molar-refractivity contribution in [3.05, 3.63) is 0 Å². The van der Waals surface area contributed by atoms with E-state index in [0.29, 0.717) is 0 Å². The molecule has 0 rings (SSSR count). The zero-order valence-corrected chi connectivity index (χ0v) is 3.82. The molecule has 0 bridgehead atoms. The van der Waals surface area contributed by atoms with Crippen LogP contribution in [0, 0.1) is 0 Å². The zero-order valence-electron chi connectivity index (χ0n) is 3.82. The van der Waals surface area contributed by atoms with Crippen molar-refractivity contribution in [3.8, 4) is 0 Å². The Morgan fingerprint density at radius 3 is 2.00 bits per heavy atom. The van der Waals surface area contributed by atoms with Gasteiger partial charge in [-0.25, -0.2) is 0 Å². The molecule has 2 N–H and O–H groups in total. The van der Waals surface area contributed by atoms with Crippen LogP contribution in [0.2, 0.25) is 0 Å². The van der Waals surface area contributed by atoms with Crippen LogP contribution >= 0.6 is 0 Å². The lowest BCUT2D eigenvalue weighted by atomic mass is 10.6. The van der Waals surface area contributed by atoms with Crippen LogP contribution in [-0.4, -0.2) is 18.9 Å². The van der Waals surface area contributed by atoms with Gasteiger partial charge in [0.15, 0.2) is 0 Å². The zero-order chi connectivity index (χ0) is 5.86. The van der Waals surface area contributed by atoms with E-state index in [-0.39, 0.29) is 0 Å². The minimum Gasteiger partial charge on any atom is -0.351 e. The molecule has 0 aromatic rings. The molecule has 1 radical (unpaired) electrons. The third-order valence-corrected chi connectivity index (χ3v) is 0.433. The van der Waals surface area contributed by atoms with Crippen LogP contribution in [-0.2, 0) is 9.59 Å². The van der Waals surface area contributed by atoms with E-state index in [1.807, 2.05) is 5.32 Å². The van der Waals surface area contributed by atoms with Crippen LogP contribution in [0.3, 0.4) is 0 Å². The van der Waals surface area contributed by atoms with Gasteiger partial charge in [-0.05, 0) is 0 Å². The third-order valence-electron chi connectivity index (χ3n) is 0.433. The molecule has 7 heavy (non-hydrogen) atoms. The minimum atomic E-state index is -1.21. The van der Waals surface area contributed by atoms with E-state index in [1.54, 1.807) is 0 Å². The smallest absolute Gasteiger partial charge is 0.327 e. The predicted molar refractivity (Wildman–Crippen MR) is 22.2 cm³/mol. The van der Waals surface area contributed by atoms with Crippen molar-refractivity contribution in [2.45, 2.75) is 0 Å². The van der Waals surface area contributed by atoms with E-state index in [0.717, 1.165) is 0 Å². The first-order valence-electron chi connectivity index (χ1n) is 1.66. The Hall–Kier alpha value is -1.06. The highest BCUT2D eigenvalue weighted by atomic mass is 16.2. The second-order valence-corrected chi connectivity index (χ2v) is 0.908. The molecule has 0 aliphatic heterocycles. The second-order valence-electron chi connectivity index (χ2n) is 0.908. The molecule has 0 atom stereocenters. The van der Waals surface area contributed by atoms with E-state index in [1.165, 1.54) is 7.05 Å². The first-order chi connectivity index (χ1) is 3.18. The first kappa shape index (κ1) is 5.94. The van der Waals surface area contributed by atoms with Gasteiger partial charge >= 0.3 is 11.8 Å².